The van der Waals surface area contributed by atoms with E-state index in [4.69, 9.17) is 23.7 Å². The molecule has 2 aromatic carbocycles. The van der Waals surface area contributed by atoms with Crippen LogP contribution in [0.1, 0.15) is 24.5 Å². The molecule has 0 aliphatic heterocycles. The van der Waals surface area contributed by atoms with E-state index < -0.39 is 0 Å². The summed E-state index contributed by atoms with van der Waals surface area (Å²) in [5, 5.41) is 0. The van der Waals surface area contributed by atoms with Gasteiger partial charge in [0.25, 0.3) is 0 Å². The lowest BCUT2D eigenvalue weighted by Gasteiger charge is -2.16. The number of ether oxygens (including phenoxy) is 5. The molecule has 2 aromatic rings. The Morgan fingerprint density at radius 3 is 1.73 bits per heavy atom. The summed E-state index contributed by atoms with van der Waals surface area (Å²) in [7, 11) is 6.57. The molecule has 0 bridgehead atoms. The molecule has 0 amide bonds. The molecule has 0 N–H and O–H groups in total. The van der Waals surface area contributed by atoms with E-state index in [1.807, 2.05) is 24.3 Å². The molecule has 0 radical (unpaired) electrons. The first-order chi connectivity index (χ1) is 12.7. The monoisotopic (exact) mass is 360 g/mol. The van der Waals surface area contributed by atoms with Crippen molar-refractivity contribution in [3.05, 3.63) is 41.5 Å². The highest BCUT2D eigenvalue weighted by molar-refractivity contribution is 5.54. The lowest BCUT2D eigenvalue weighted by molar-refractivity contribution is 0.274. The molecule has 5 heteroatoms. The van der Waals surface area contributed by atoms with E-state index in [1.165, 1.54) is 5.56 Å². The fourth-order valence-corrected chi connectivity index (χ4v) is 2.75. The van der Waals surface area contributed by atoms with Gasteiger partial charge in [0.2, 0.25) is 5.75 Å². The van der Waals surface area contributed by atoms with E-state index in [0.717, 1.165) is 36.3 Å². The number of hydrogen-bond acceptors (Lipinski definition) is 5. The minimum atomic E-state index is 0.623. The van der Waals surface area contributed by atoms with Crippen LogP contribution in [0.3, 0.4) is 0 Å². The van der Waals surface area contributed by atoms with Crippen molar-refractivity contribution < 1.29 is 23.7 Å². The number of methoxy groups -OCH3 is 4. The van der Waals surface area contributed by atoms with Crippen molar-refractivity contribution in [2.75, 3.05) is 35.0 Å². The van der Waals surface area contributed by atoms with E-state index in [2.05, 4.69) is 13.0 Å². The lowest BCUT2D eigenvalue weighted by Crippen LogP contribution is -2.02. The molecule has 2 rings (SSSR count). The van der Waals surface area contributed by atoms with E-state index >= 15 is 0 Å². The fourth-order valence-electron chi connectivity index (χ4n) is 2.75. The Balaban J connectivity index is 2.19. The van der Waals surface area contributed by atoms with E-state index in [0.29, 0.717) is 23.9 Å². The second-order valence-corrected chi connectivity index (χ2v) is 5.87. The summed E-state index contributed by atoms with van der Waals surface area (Å²) in [4.78, 5) is 0. The standard InChI is InChI=1S/C21H28O5/c1-6-11-26-21-19(24-4)13-16(14-20(21)25-5)8-7-15-9-10-17(22-2)18(12-15)23-3/h9-10,12-14H,6-8,11H2,1-5H3. The topological polar surface area (TPSA) is 46.2 Å². The highest BCUT2D eigenvalue weighted by Crippen LogP contribution is 2.39. The Morgan fingerprint density at radius 2 is 1.19 bits per heavy atom. The zero-order chi connectivity index (χ0) is 18.9. The Kier molecular flexibility index (Phi) is 7.45. The predicted molar refractivity (Wildman–Crippen MR) is 102 cm³/mol. The maximum atomic E-state index is 5.79. The lowest BCUT2D eigenvalue weighted by atomic mass is 10.0. The Labute approximate surface area is 155 Å². The minimum absolute atomic E-state index is 0.623. The van der Waals surface area contributed by atoms with Crippen LogP contribution in [-0.4, -0.2) is 35.0 Å². The van der Waals surface area contributed by atoms with Crippen molar-refractivity contribution in [2.45, 2.75) is 26.2 Å². The van der Waals surface area contributed by atoms with Crippen LogP contribution < -0.4 is 23.7 Å². The second kappa shape index (κ2) is 9.80. The van der Waals surface area contributed by atoms with Gasteiger partial charge in [-0.2, -0.15) is 0 Å². The van der Waals surface area contributed by atoms with E-state index in [9.17, 15) is 0 Å². The van der Waals surface area contributed by atoms with Crippen molar-refractivity contribution in [1.82, 2.24) is 0 Å². The number of hydrogen-bond donors (Lipinski definition) is 0. The molecule has 0 fully saturated rings. The Morgan fingerprint density at radius 1 is 0.654 bits per heavy atom. The average Bonchev–Trinajstić information content (AvgIpc) is 2.69. The third-order valence-electron chi connectivity index (χ3n) is 4.12. The molecule has 0 saturated heterocycles. The van der Waals surface area contributed by atoms with Gasteiger partial charge in [0.15, 0.2) is 23.0 Å². The van der Waals surface area contributed by atoms with Gasteiger partial charge >= 0.3 is 0 Å². The molecule has 0 spiro atoms. The summed E-state index contributed by atoms with van der Waals surface area (Å²) in [6.45, 7) is 2.69. The van der Waals surface area contributed by atoms with E-state index in [-0.39, 0.29) is 0 Å². The van der Waals surface area contributed by atoms with Gasteiger partial charge in [-0.1, -0.05) is 13.0 Å². The second-order valence-electron chi connectivity index (χ2n) is 5.87. The summed E-state index contributed by atoms with van der Waals surface area (Å²) < 4.78 is 27.5. The predicted octanol–water partition coefficient (Wildman–Crippen LogP) is 4.30. The van der Waals surface area contributed by atoms with Crippen molar-refractivity contribution in [3.63, 3.8) is 0 Å². The molecular weight excluding hydrogens is 332 g/mol. The van der Waals surface area contributed by atoms with Crippen molar-refractivity contribution in [2.24, 2.45) is 0 Å². The SMILES string of the molecule is CCCOc1c(OC)cc(CCc2ccc(OC)c(OC)c2)cc1OC. The van der Waals surface area contributed by atoms with E-state index in [1.54, 1.807) is 28.4 Å². The fraction of sp³-hybridized carbons (Fsp3) is 0.429. The molecule has 0 heterocycles. The van der Waals surface area contributed by atoms with Crippen LogP contribution in [0.25, 0.3) is 0 Å². The number of benzene rings is 2. The Bertz CT molecular complexity index is 687. The van der Waals surface area contributed by atoms with Crippen molar-refractivity contribution in [3.8, 4) is 28.7 Å². The maximum absolute atomic E-state index is 5.79. The molecule has 0 atom stereocenters. The molecule has 0 aliphatic carbocycles. The smallest absolute Gasteiger partial charge is 0.203 e. The average molecular weight is 360 g/mol. The quantitative estimate of drug-likeness (QED) is 0.632. The summed E-state index contributed by atoms with van der Waals surface area (Å²) in [5.74, 6) is 3.52. The van der Waals surface area contributed by atoms with Crippen LogP contribution in [-0.2, 0) is 12.8 Å². The van der Waals surface area contributed by atoms with Gasteiger partial charge < -0.3 is 23.7 Å². The van der Waals surface area contributed by atoms with Crippen LogP contribution in [0.4, 0.5) is 0 Å². The van der Waals surface area contributed by atoms with Gasteiger partial charge in [0.05, 0.1) is 35.0 Å². The van der Waals surface area contributed by atoms with Crippen molar-refractivity contribution in [1.29, 1.82) is 0 Å². The van der Waals surface area contributed by atoms with Gasteiger partial charge in [-0.25, -0.2) is 0 Å². The summed E-state index contributed by atoms with van der Waals surface area (Å²) >= 11 is 0. The van der Waals surface area contributed by atoms with Gasteiger partial charge in [0.1, 0.15) is 0 Å². The molecule has 0 unspecified atom stereocenters. The highest BCUT2D eigenvalue weighted by atomic mass is 16.5. The molecule has 0 aromatic heterocycles. The molecule has 0 aliphatic rings. The maximum Gasteiger partial charge on any atom is 0.203 e. The van der Waals surface area contributed by atoms with Crippen LogP contribution >= 0.6 is 0 Å². The zero-order valence-electron chi connectivity index (χ0n) is 16.3. The first-order valence-corrected chi connectivity index (χ1v) is 8.75. The normalized spacial score (nSPS) is 10.3. The largest absolute Gasteiger partial charge is 0.493 e. The van der Waals surface area contributed by atoms with Crippen molar-refractivity contribution >= 4 is 0 Å². The Hall–Kier alpha value is -2.56. The number of rotatable bonds is 10. The molecule has 26 heavy (non-hydrogen) atoms. The molecule has 142 valence electrons. The third kappa shape index (κ3) is 4.75. The molecule has 0 saturated carbocycles. The van der Waals surface area contributed by atoms with Crippen LogP contribution in [0, 0.1) is 0 Å². The van der Waals surface area contributed by atoms with Gasteiger partial charge in [0, 0.05) is 0 Å². The van der Waals surface area contributed by atoms with Gasteiger partial charge in [-0.3, -0.25) is 0 Å². The summed E-state index contributed by atoms with van der Waals surface area (Å²) in [5.41, 5.74) is 2.30. The molecule has 5 nitrogen and oxygen atoms in total. The summed E-state index contributed by atoms with van der Waals surface area (Å²) in [6.07, 6.45) is 2.63. The van der Waals surface area contributed by atoms with Crippen LogP contribution in [0.2, 0.25) is 0 Å². The first-order valence-electron chi connectivity index (χ1n) is 8.75. The van der Waals surface area contributed by atoms with Crippen LogP contribution in [0.15, 0.2) is 30.3 Å². The third-order valence-corrected chi connectivity index (χ3v) is 4.12. The highest BCUT2D eigenvalue weighted by Gasteiger charge is 2.14. The van der Waals surface area contributed by atoms with Crippen LogP contribution in [0.5, 0.6) is 28.7 Å². The number of aryl methyl sites for hydroxylation is 2. The molecular formula is C21H28O5. The zero-order valence-corrected chi connectivity index (χ0v) is 16.3. The minimum Gasteiger partial charge on any atom is -0.493 e. The summed E-state index contributed by atoms with van der Waals surface area (Å²) in [6, 6.07) is 10.0. The first kappa shape index (κ1) is 19.8. The van der Waals surface area contributed by atoms with Gasteiger partial charge in [-0.15, -0.1) is 0 Å². The van der Waals surface area contributed by atoms with Gasteiger partial charge in [-0.05, 0) is 54.7 Å².